The van der Waals surface area contributed by atoms with Crippen LogP contribution in [0.3, 0.4) is 0 Å². The lowest BCUT2D eigenvalue weighted by Crippen LogP contribution is -2.42. The molecule has 1 aliphatic heterocycles. The number of carbonyl (C=O) groups is 2. The van der Waals surface area contributed by atoms with Gasteiger partial charge in [-0.15, -0.1) is 0 Å². The van der Waals surface area contributed by atoms with Gasteiger partial charge in [-0.25, -0.2) is 13.6 Å². The Morgan fingerprint density at radius 2 is 1.92 bits per heavy atom. The third-order valence-electron chi connectivity index (χ3n) is 3.95. The molecule has 2 amide bonds. The fourth-order valence-corrected chi connectivity index (χ4v) is 2.89. The van der Waals surface area contributed by atoms with Crippen LogP contribution in [0.2, 0.25) is 0 Å². The molecule has 5 nitrogen and oxygen atoms in total. The zero-order valence-corrected chi connectivity index (χ0v) is 16.2. The molecule has 0 N–H and O–H groups in total. The SMILES string of the molecule is CN(C(=O)OC(C)(C)C)C1CCN(C(=O)c2ccc(Br)c(F)c2F)C1. The van der Waals surface area contributed by atoms with E-state index < -0.39 is 29.2 Å². The quantitative estimate of drug-likeness (QED) is 0.686. The highest BCUT2D eigenvalue weighted by atomic mass is 79.9. The molecule has 25 heavy (non-hydrogen) atoms. The van der Waals surface area contributed by atoms with Crippen molar-refractivity contribution < 1.29 is 23.1 Å². The lowest BCUT2D eigenvalue weighted by molar-refractivity contribution is 0.0226. The summed E-state index contributed by atoms with van der Waals surface area (Å²) in [7, 11) is 1.60. The molecule has 0 spiro atoms. The number of likely N-dealkylation sites (tertiary alicyclic amines) is 1. The number of ether oxygens (including phenoxy) is 1. The molecule has 1 fully saturated rings. The number of hydrogen-bond acceptors (Lipinski definition) is 3. The minimum Gasteiger partial charge on any atom is -0.444 e. The number of halogens is 3. The molecule has 1 saturated heterocycles. The van der Waals surface area contributed by atoms with Crippen LogP contribution in [0.15, 0.2) is 16.6 Å². The second-order valence-corrected chi connectivity index (χ2v) is 7.86. The summed E-state index contributed by atoms with van der Waals surface area (Å²) in [6.45, 7) is 5.91. The van der Waals surface area contributed by atoms with Crippen molar-refractivity contribution in [3.05, 3.63) is 33.8 Å². The van der Waals surface area contributed by atoms with E-state index in [4.69, 9.17) is 4.74 Å². The van der Waals surface area contributed by atoms with Gasteiger partial charge in [-0.05, 0) is 55.3 Å². The maximum atomic E-state index is 14.0. The van der Waals surface area contributed by atoms with Crippen molar-refractivity contribution in [2.75, 3.05) is 20.1 Å². The van der Waals surface area contributed by atoms with Crippen molar-refractivity contribution in [1.82, 2.24) is 9.80 Å². The minimum absolute atomic E-state index is 0.0366. The summed E-state index contributed by atoms with van der Waals surface area (Å²) in [5, 5.41) is 0. The molecule has 0 aromatic heterocycles. The highest BCUT2D eigenvalue weighted by Gasteiger charge is 2.34. The van der Waals surface area contributed by atoms with Crippen LogP contribution >= 0.6 is 15.9 Å². The lowest BCUT2D eigenvalue weighted by atomic mass is 10.2. The third-order valence-corrected chi connectivity index (χ3v) is 4.56. The Morgan fingerprint density at radius 3 is 2.52 bits per heavy atom. The van der Waals surface area contributed by atoms with Crippen molar-refractivity contribution in [3.63, 3.8) is 0 Å². The zero-order chi connectivity index (χ0) is 18.9. The van der Waals surface area contributed by atoms with E-state index >= 15 is 0 Å². The summed E-state index contributed by atoms with van der Waals surface area (Å²) in [5.74, 6) is -2.86. The second kappa shape index (κ2) is 7.27. The first-order valence-electron chi connectivity index (χ1n) is 7.90. The predicted octanol–water partition coefficient (Wildman–Crippen LogP) is 3.81. The van der Waals surface area contributed by atoms with E-state index in [2.05, 4.69) is 15.9 Å². The first kappa shape index (κ1) is 19.6. The van der Waals surface area contributed by atoms with E-state index in [1.807, 2.05) is 0 Å². The van der Waals surface area contributed by atoms with Gasteiger partial charge in [0.05, 0.1) is 16.1 Å². The molecule has 0 radical (unpaired) electrons. The van der Waals surface area contributed by atoms with Crippen molar-refractivity contribution in [2.24, 2.45) is 0 Å². The molecule has 2 rings (SSSR count). The van der Waals surface area contributed by atoms with Gasteiger partial charge in [0.2, 0.25) is 0 Å². The molecule has 1 aliphatic rings. The fraction of sp³-hybridized carbons (Fsp3) is 0.529. The first-order valence-corrected chi connectivity index (χ1v) is 8.69. The minimum atomic E-state index is -1.18. The summed E-state index contributed by atoms with van der Waals surface area (Å²) >= 11 is 2.88. The largest absolute Gasteiger partial charge is 0.444 e. The Balaban J connectivity index is 2.06. The van der Waals surface area contributed by atoms with Gasteiger partial charge in [0.15, 0.2) is 11.6 Å². The summed E-state index contributed by atoms with van der Waals surface area (Å²) in [5.41, 5.74) is -0.932. The monoisotopic (exact) mass is 418 g/mol. The Labute approximate surface area is 154 Å². The predicted molar refractivity (Wildman–Crippen MR) is 92.4 cm³/mol. The van der Waals surface area contributed by atoms with Crippen LogP contribution in [-0.4, -0.2) is 53.6 Å². The molecular formula is C17H21BrF2N2O3. The first-order chi connectivity index (χ1) is 11.5. The average molecular weight is 419 g/mol. The van der Waals surface area contributed by atoms with Crippen LogP contribution in [0.5, 0.6) is 0 Å². The van der Waals surface area contributed by atoms with E-state index in [1.165, 1.54) is 21.9 Å². The highest BCUT2D eigenvalue weighted by molar-refractivity contribution is 9.10. The summed E-state index contributed by atoms with van der Waals surface area (Å²) in [6, 6.07) is 2.31. The number of nitrogens with zero attached hydrogens (tertiary/aromatic N) is 2. The molecule has 138 valence electrons. The molecule has 8 heteroatoms. The maximum Gasteiger partial charge on any atom is 0.410 e. The smallest absolute Gasteiger partial charge is 0.410 e. The molecule has 0 bridgehead atoms. The van der Waals surface area contributed by atoms with Crippen molar-refractivity contribution in [3.8, 4) is 0 Å². The van der Waals surface area contributed by atoms with Gasteiger partial charge in [0.25, 0.3) is 5.91 Å². The van der Waals surface area contributed by atoms with Crippen LogP contribution in [0, 0.1) is 11.6 Å². The van der Waals surface area contributed by atoms with Crippen LogP contribution in [-0.2, 0) is 4.74 Å². The number of rotatable bonds is 2. The standard InChI is InChI=1S/C17H21BrF2N2O3/c1-17(2,3)25-16(24)21(4)10-7-8-22(9-10)15(23)11-5-6-12(18)14(20)13(11)19/h5-6,10H,7-9H2,1-4H3. The Hall–Kier alpha value is -1.70. The van der Waals surface area contributed by atoms with Crippen LogP contribution < -0.4 is 0 Å². The number of benzene rings is 1. The Kier molecular flexibility index (Phi) is 5.71. The molecule has 1 atom stereocenters. The van der Waals surface area contributed by atoms with E-state index in [-0.39, 0.29) is 22.6 Å². The molecule has 1 heterocycles. The normalized spacial score (nSPS) is 17.6. The van der Waals surface area contributed by atoms with Gasteiger partial charge in [0, 0.05) is 20.1 Å². The summed E-state index contributed by atoms with van der Waals surface area (Å²) in [4.78, 5) is 27.4. The van der Waals surface area contributed by atoms with Gasteiger partial charge in [0.1, 0.15) is 5.60 Å². The van der Waals surface area contributed by atoms with E-state index in [1.54, 1.807) is 27.8 Å². The Morgan fingerprint density at radius 1 is 1.28 bits per heavy atom. The number of carbonyl (C=O) groups excluding carboxylic acids is 2. The third kappa shape index (κ3) is 4.48. The van der Waals surface area contributed by atoms with Crippen LogP contribution in [0.1, 0.15) is 37.6 Å². The maximum absolute atomic E-state index is 14.0. The van der Waals surface area contributed by atoms with E-state index in [0.29, 0.717) is 13.0 Å². The average Bonchev–Trinajstić information content (AvgIpc) is 2.99. The van der Waals surface area contributed by atoms with Crippen LogP contribution in [0.4, 0.5) is 13.6 Å². The van der Waals surface area contributed by atoms with Crippen molar-refractivity contribution in [2.45, 2.75) is 38.8 Å². The number of likely N-dealkylation sites (N-methyl/N-ethyl adjacent to an activating group) is 1. The molecular weight excluding hydrogens is 398 g/mol. The molecule has 1 aromatic carbocycles. The fourth-order valence-electron chi connectivity index (χ4n) is 2.59. The summed E-state index contributed by atoms with van der Waals surface area (Å²) < 4.78 is 32.9. The molecule has 0 saturated carbocycles. The van der Waals surface area contributed by atoms with Gasteiger partial charge >= 0.3 is 6.09 Å². The van der Waals surface area contributed by atoms with Crippen LogP contribution in [0.25, 0.3) is 0 Å². The zero-order valence-electron chi connectivity index (χ0n) is 14.6. The number of amides is 2. The van der Waals surface area contributed by atoms with Crippen molar-refractivity contribution in [1.29, 1.82) is 0 Å². The molecule has 1 aromatic rings. The Bertz CT molecular complexity index is 691. The topological polar surface area (TPSA) is 49.9 Å². The summed E-state index contributed by atoms with van der Waals surface area (Å²) in [6.07, 6.45) is 0.0647. The van der Waals surface area contributed by atoms with Gasteiger partial charge in [-0.3, -0.25) is 4.79 Å². The van der Waals surface area contributed by atoms with Crippen molar-refractivity contribution >= 4 is 27.9 Å². The van der Waals surface area contributed by atoms with Gasteiger partial charge in [-0.2, -0.15) is 0 Å². The highest BCUT2D eigenvalue weighted by Crippen LogP contribution is 2.24. The molecule has 0 aliphatic carbocycles. The lowest BCUT2D eigenvalue weighted by Gasteiger charge is -2.28. The van der Waals surface area contributed by atoms with Gasteiger partial charge < -0.3 is 14.5 Å². The van der Waals surface area contributed by atoms with E-state index in [0.717, 1.165) is 0 Å². The number of hydrogen-bond donors (Lipinski definition) is 0. The van der Waals surface area contributed by atoms with Gasteiger partial charge in [-0.1, -0.05) is 0 Å². The molecule has 1 unspecified atom stereocenters. The van der Waals surface area contributed by atoms with E-state index in [9.17, 15) is 18.4 Å². The second-order valence-electron chi connectivity index (χ2n) is 7.01.